The molecule has 0 aliphatic heterocycles. The fourth-order valence-corrected chi connectivity index (χ4v) is 2.23. The van der Waals surface area contributed by atoms with E-state index in [9.17, 15) is 10.1 Å². The quantitative estimate of drug-likeness (QED) is 0.333. The number of hydrazine groups is 1. The van der Waals surface area contributed by atoms with Gasteiger partial charge in [-0.15, -0.1) is 11.8 Å². The van der Waals surface area contributed by atoms with E-state index in [1.807, 2.05) is 24.5 Å². The number of nitrogen functional groups attached to an aromatic ring is 1. The van der Waals surface area contributed by atoms with Crippen molar-refractivity contribution in [1.29, 1.82) is 0 Å². The first-order valence-electron chi connectivity index (χ1n) is 5.96. The molecule has 0 aliphatic carbocycles. The van der Waals surface area contributed by atoms with E-state index in [4.69, 9.17) is 5.84 Å². The molecule has 0 bridgehead atoms. The molecule has 0 saturated carbocycles. The Balaban J connectivity index is 2.46. The van der Waals surface area contributed by atoms with E-state index >= 15 is 0 Å². The fourth-order valence-electron chi connectivity index (χ4n) is 1.77. The Morgan fingerprint density at radius 1 is 1.38 bits per heavy atom. The Hall–Kier alpha value is -2.39. The molecule has 0 unspecified atom stereocenters. The Labute approximate surface area is 125 Å². The monoisotopic (exact) mass is 306 g/mol. The summed E-state index contributed by atoms with van der Waals surface area (Å²) >= 11 is 1.58. The van der Waals surface area contributed by atoms with Crippen molar-refractivity contribution < 1.29 is 4.92 Å². The van der Waals surface area contributed by atoms with Crippen LogP contribution in [0.4, 0.5) is 23.1 Å². The van der Waals surface area contributed by atoms with Gasteiger partial charge < -0.3 is 5.32 Å². The Morgan fingerprint density at radius 3 is 2.76 bits per heavy atom. The van der Waals surface area contributed by atoms with Gasteiger partial charge in [0.15, 0.2) is 0 Å². The van der Waals surface area contributed by atoms with E-state index in [1.54, 1.807) is 17.8 Å². The molecule has 110 valence electrons. The number of nitrogens with two attached hydrogens (primary N) is 1. The van der Waals surface area contributed by atoms with Gasteiger partial charge >= 0.3 is 5.69 Å². The maximum Gasteiger partial charge on any atom is 0.332 e. The van der Waals surface area contributed by atoms with Gasteiger partial charge in [-0.25, -0.2) is 10.8 Å². The highest BCUT2D eigenvalue weighted by molar-refractivity contribution is 7.98. The number of benzene rings is 1. The van der Waals surface area contributed by atoms with Crippen molar-refractivity contribution in [1.82, 2.24) is 9.97 Å². The van der Waals surface area contributed by atoms with E-state index in [0.29, 0.717) is 5.69 Å². The van der Waals surface area contributed by atoms with Gasteiger partial charge in [0.1, 0.15) is 5.69 Å². The predicted octanol–water partition coefficient (Wildman–Crippen LogP) is 2.44. The number of anilines is 3. The topological polar surface area (TPSA) is 119 Å². The second-order valence-corrected chi connectivity index (χ2v) is 4.97. The van der Waals surface area contributed by atoms with Crippen LogP contribution in [0.1, 0.15) is 5.69 Å². The van der Waals surface area contributed by atoms with Gasteiger partial charge in [0.25, 0.3) is 0 Å². The van der Waals surface area contributed by atoms with E-state index in [1.165, 1.54) is 6.92 Å². The lowest BCUT2D eigenvalue weighted by molar-refractivity contribution is -0.385. The average molecular weight is 306 g/mol. The maximum absolute atomic E-state index is 11.2. The van der Waals surface area contributed by atoms with Crippen LogP contribution in [0.3, 0.4) is 0 Å². The van der Waals surface area contributed by atoms with Crippen LogP contribution in [-0.4, -0.2) is 21.1 Å². The number of aromatic nitrogens is 2. The molecule has 8 nitrogen and oxygen atoms in total. The van der Waals surface area contributed by atoms with Crippen LogP contribution in [0.2, 0.25) is 0 Å². The third-order valence-corrected chi connectivity index (χ3v) is 3.43. The zero-order chi connectivity index (χ0) is 15.4. The lowest BCUT2D eigenvalue weighted by Gasteiger charge is -2.10. The van der Waals surface area contributed by atoms with Crippen LogP contribution in [0.5, 0.6) is 0 Å². The lowest BCUT2D eigenvalue weighted by Crippen LogP contribution is -2.13. The van der Waals surface area contributed by atoms with Crippen LogP contribution in [0, 0.1) is 17.0 Å². The van der Waals surface area contributed by atoms with Gasteiger partial charge in [-0.3, -0.25) is 15.5 Å². The van der Waals surface area contributed by atoms with E-state index in [2.05, 4.69) is 20.7 Å². The SMILES string of the molecule is CSc1cccc(Nc2nc(NN)nc(C)c2[N+](=O)[O-])c1. The van der Waals surface area contributed by atoms with Gasteiger partial charge in [0.05, 0.1) is 4.92 Å². The Morgan fingerprint density at radius 2 is 2.14 bits per heavy atom. The minimum Gasteiger partial charge on any atom is -0.334 e. The first-order chi connectivity index (χ1) is 10.0. The standard InChI is InChI=1S/C12H14N6O2S/c1-7-10(18(19)20)11(16-12(14-7)17-13)15-8-4-3-5-9(6-8)21-2/h3-6H,13H2,1-2H3,(H2,14,15,16,17). The highest BCUT2D eigenvalue weighted by Crippen LogP contribution is 2.30. The van der Waals surface area contributed by atoms with Crippen LogP contribution < -0.4 is 16.6 Å². The van der Waals surface area contributed by atoms with Gasteiger partial charge in [0, 0.05) is 10.6 Å². The van der Waals surface area contributed by atoms with Crippen molar-refractivity contribution in [2.24, 2.45) is 5.84 Å². The molecule has 0 spiro atoms. The molecule has 0 radical (unpaired) electrons. The number of hydrogen-bond acceptors (Lipinski definition) is 8. The molecule has 21 heavy (non-hydrogen) atoms. The van der Waals surface area contributed by atoms with Gasteiger partial charge in [-0.1, -0.05) is 6.07 Å². The first kappa shape index (κ1) is 15.0. The summed E-state index contributed by atoms with van der Waals surface area (Å²) < 4.78 is 0. The van der Waals surface area contributed by atoms with Gasteiger partial charge in [-0.05, 0) is 31.4 Å². The predicted molar refractivity (Wildman–Crippen MR) is 82.7 cm³/mol. The third-order valence-electron chi connectivity index (χ3n) is 2.70. The van der Waals surface area contributed by atoms with E-state index in [0.717, 1.165) is 4.90 Å². The van der Waals surface area contributed by atoms with Crippen LogP contribution in [0.15, 0.2) is 29.2 Å². The fraction of sp³-hybridized carbons (Fsp3) is 0.167. The summed E-state index contributed by atoms with van der Waals surface area (Å²) in [7, 11) is 0. The van der Waals surface area contributed by atoms with Crippen molar-refractivity contribution in [3.05, 3.63) is 40.1 Å². The minimum absolute atomic E-state index is 0.0960. The molecule has 0 atom stereocenters. The summed E-state index contributed by atoms with van der Waals surface area (Å²) in [5.41, 5.74) is 3.04. The van der Waals surface area contributed by atoms with Crippen LogP contribution in [-0.2, 0) is 0 Å². The molecule has 0 saturated heterocycles. The molecule has 0 amide bonds. The number of thioether (sulfide) groups is 1. The summed E-state index contributed by atoms with van der Waals surface area (Å²) in [6.45, 7) is 1.53. The summed E-state index contributed by atoms with van der Waals surface area (Å²) in [6, 6.07) is 7.48. The second kappa shape index (κ2) is 6.37. The Kier molecular flexibility index (Phi) is 4.55. The molecule has 0 fully saturated rings. The molecular weight excluding hydrogens is 292 g/mol. The minimum atomic E-state index is -0.517. The molecule has 1 aromatic carbocycles. The highest BCUT2D eigenvalue weighted by Gasteiger charge is 2.22. The normalized spacial score (nSPS) is 10.2. The molecule has 1 aromatic heterocycles. The molecule has 2 aromatic rings. The average Bonchev–Trinajstić information content (AvgIpc) is 2.46. The van der Waals surface area contributed by atoms with Crippen molar-refractivity contribution in [3.63, 3.8) is 0 Å². The van der Waals surface area contributed by atoms with Crippen molar-refractivity contribution >= 4 is 34.9 Å². The molecule has 4 N–H and O–H groups in total. The number of aryl methyl sites for hydroxylation is 1. The van der Waals surface area contributed by atoms with Crippen LogP contribution in [0.25, 0.3) is 0 Å². The summed E-state index contributed by atoms with van der Waals surface area (Å²) in [5.74, 6) is 5.49. The largest absolute Gasteiger partial charge is 0.334 e. The lowest BCUT2D eigenvalue weighted by atomic mass is 10.3. The zero-order valence-corrected chi connectivity index (χ0v) is 12.3. The summed E-state index contributed by atoms with van der Waals surface area (Å²) in [5, 5.41) is 14.1. The smallest absolute Gasteiger partial charge is 0.332 e. The number of rotatable bonds is 5. The Bertz CT molecular complexity index is 679. The zero-order valence-electron chi connectivity index (χ0n) is 11.5. The highest BCUT2D eigenvalue weighted by atomic mass is 32.2. The number of nitrogens with zero attached hydrogens (tertiary/aromatic N) is 3. The first-order valence-corrected chi connectivity index (χ1v) is 7.18. The maximum atomic E-state index is 11.2. The molecule has 1 heterocycles. The van der Waals surface area contributed by atoms with Crippen LogP contribution >= 0.6 is 11.8 Å². The van der Waals surface area contributed by atoms with Gasteiger partial charge in [0.2, 0.25) is 11.8 Å². The molecule has 2 rings (SSSR count). The van der Waals surface area contributed by atoms with Crippen molar-refractivity contribution in [2.75, 3.05) is 17.0 Å². The summed E-state index contributed by atoms with van der Waals surface area (Å²) in [6.07, 6.45) is 1.95. The van der Waals surface area contributed by atoms with E-state index in [-0.39, 0.29) is 23.1 Å². The number of nitrogens with one attached hydrogen (secondary N) is 2. The van der Waals surface area contributed by atoms with Crippen molar-refractivity contribution in [3.8, 4) is 0 Å². The number of hydrogen-bond donors (Lipinski definition) is 3. The summed E-state index contributed by atoms with van der Waals surface area (Å²) in [4.78, 5) is 19.6. The van der Waals surface area contributed by atoms with Crippen molar-refractivity contribution in [2.45, 2.75) is 11.8 Å². The van der Waals surface area contributed by atoms with E-state index < -0.39 is 4.92 Å². The van der Waals surface area contributed by atoms with Gasteiger partial charge in [-0.2, -0.15) is 4.98 Å². The molecular formula is C12H14N6O2S. The third kappa shape index (κ3) is 3.38. The molecule has 9 heteroatoms. The second-order valence-electron chi connectivity index (χ2n) is 4.09. The number of nitro groups is 1. The molecule has 0 aliphatic rings.